The van der Waals surface area contributed by atoms with Crippen molar-refractivity contribution in [3.05, 3.63) is 101 Å². The van der Waals surface area contributed by atoms with Gasteiger partial charge in [-0.2, -0.15) is 13.2 Å². The second kappa shape index (κ2) is 15.6. The normalized spacial score (nSPS) is 17.0. The smallest absolute Gasteiger partial charge is 0.417 e. The van der Waals surface area contributed by atoms with E-state index in [-0.39, 0.29) is 53.1 Å². The highest BCUT2D eigenvalue weighted by atomic mass is 32.1. The number of hydrogen-bond donors (Lipinski definition) is 2. The molecule has 1 amide bonds. The van der Waals surface area contributed by atoms with Crippen molar-refractivity contribution < 1.29 is 42.1 Å². The number of carboxylic acids is 1. The van der Waals surface area contributed by atoms with Crippen LogP contribution >= 0.6 is 11.3 Å². The predicted octanol–water partition coefficient (Wildman–Crippen LogP) is 8.86. The summed E-state index contributed by atoms with van der Waals surface area (Å²) < 4.78 is 57.4. The van der Waals surface area contributed by atoms with Gasteiger partial charge >= 0.3 is 18.1 Å². The standard InChI is InChI=1S/C44H44F3N5O6S/c1-42(2,3)58-40(56)38-30(29-12-11-27(21-33(29)44(45,46)47)57-28-22-43(23-28)16-19-51(20-17-43)25-37(53)54)13-14-36(49-38)52-18-15-26-7-6-8-31(32(26)24-52)39(55)50-41-48-34-9-4-5-10-35(34)59-41/h4-14,21,28H,15-20,22-25H2,1-3H3,(H,53,54)(H,48,50,55). The van der Waals surface area contributed by atoms with Crippen molar-refractivity contribution in [2.45, 2.75) is 77.3 Å². The van der Waals surface area contributed by atoms with Crippen LogP contribution in [0.3, 0.4) is 0 Å². The number of carbonyl (C=O) groups is 3. The molecule has 1 saturated heterocycles. The van der Waals surface area contributed by atoms with Gasteiger partial charge < -0.3 is 19.5 Å². The third-order valence-electron chi connectivity index (χ3n) is 11.3. The van der Waals surface area contributed by atoms with E-state index in [4.69, 9.17) is 19.6 Å². The van der Waals surface area contributed by atoms with Gasteiger partial charge in [-0.3, -0.25) is 19.8 Å². The molecule has 308 valence electrons. The number of nitrogens with zero attached hydrogens (tertiary/aromatic N) is 4. The van der Waals surface area contributed by atoms with Gasteiger partial charge in [0.15, 0.2) is 10.8 Å². The van der Waals surface area contributed by atoms with Crippen molar-refractivity contribution in [2.24, 2.45) is 5.41 Å². The summed E-state index contributed by atoms with van der Waals surface area (Å²) in [5, 5.41) is 12.5. The molecule has 2 aromatic heterocycles. The summed E-state index contributed by atoms with van der Waals surface area (Å²) in [4.78, 5) is 51.6. The van der Waals surface area contributed by atoms with E-state index in [0.29, 0.717) is 55.4 Å². The molecule has 0 radical (unpaired) electrons. The number of carboxylic acid groups (broad SMARTS) is 1. The Morgan fingerprint density at radius 3 is 2.39 bits per heavy atom. The average molecular weight is 828 g/mol. The zero-order chi connectivity index (χ0) is 41.7. The Labute approximate surface area is 343 Å². The number of aromatic nitrogens is 2. The summed E-state index contributed by atoms with van der Waals surface area (Å²) in [6.07, 6.45) is -1.50. The minimum absolute atomic E-state index is 0.00274. The number of benzene rings is 3. The number of para-hydroxylation sites is 1. The van der Waals surface area contributed by atoms with Crippen molar-refractivity contribution >= 4 is 50.3 Å². The molecule has 0 bridgehead atoms. The molecule has 59 heavy (non-hydrogen) atoms. The molecule has 15 heteroatoms. The Morgan fingerprint density at radius 2 is 1.68 bits per heavy atom. The lowest BCUT2D eigenvalue weighted by Gasteiger charge is -2.51. The van der Waals surface area contributed by atoms with E-state index >= 15 is 0 Å². The Kier molecular flexibility index (Phi) is 10.6. The molecule has 0 atom stereocenters. The number of fused-ring (bicyclic) bond motifs is 2. The minimum atomic E-state index is -4.80. The number of carbonyl (C=O) groups excluding carboxylic acids is 2. The van der Waals surface area contributed by atoms with Gasteiger partial charge in [-0.05, 0) is 131 Å². The molecule has 4 heterocycles. The molecule has 2 aliphatic heterocycles. The quantitative estimate of drug-likeness (QED) is 0.139. The molecule has 0 unspecified atom stereocenters. The molecule has 1 saturated carbocycles. The number of esters is 1. The minimum Gasteiger partial charge on any atom is -0.490 e. The van der Waals surface area contributed by atoms with Gasteiger partial charge in [-0.15, -0.1) is 0 Å². The number of thiazole rings is 1. The van der Waals surface area contributed by atoms with Crippen LogP contribution in [0.25, 0.3) is 21.3 Å². The van der Waals surface area contributed by atoms with Crippen LogP contribution in [-0.4, -0.2) is 75.7 Å². The van der Waals surface area contributed by atoms with Crippen molar-refractivity contribution in [2.75, 3.05) is 36.4 Å². The van der Waals surface area contributed by atoms with Crippen LogP contribution in [0, 0.1) is 5.41 Å². The van der Waals surface area contributed by atoms with Crippen LogP contribution in [0.1, 0.15) is 84.0 Å². The number of aliphatic carboxylic acids is 1. The van der Waals surface area contributed by atoms with Crippen LogP contribution in [0.4, 0.5) is 24.1 Å². The zero-order valence-corrected chi connectivity index (χ0v) is 33.7. The van der Waals surface area contributed by atoms with E-state index in [1.807, 2.05) is 46.2 Å². The molecular weight excluding hydrogens is 784 g/mol. The van der Waals surface area contributed by atoms with Gasteiger partial charge in [0.25, 0.3) is 5.91 Å². The van der Waals surface area contributed by atoms with Crippen molar-refractivity contribution in [1.29, 1.82) is 0 Å². The average Bonchev–Trinajstić information content (AvgIpc) is 3.58. The Morgan fingerprint density at radius 1 is 0.932 bits per heavy atom. The highest BCUT2D eigenvalue weighted by molar-refractivity contribution is 7.22. The summed E-state index contributed by atoms with van der Waals surface area (Å²) in [6.45, 7) is 7.09. The van der Waals surface area contributed by atoms with E-state index in [2.05, 4.69) is 10.3 Å². The number of ether oxygens (including phenoxy) is 2. The number of anilines is 2. The van der Waals surface area contributed by atoms with Crippen LogP contribution < -0.4 is 15.0 Å². The van der Waals surface area contributed by atoms with E-state index in [1.165, 1.54) is 29.5 Å². The third-order valence-corrected chi connectivity index (χ3v) is 12.3. The number of nitrogens with one attached hydrogen (secondary N) is 1. The van der Waals surface area contributed by atoms with Crippen molar-refractivity contribution in [3.63, 3.8) is 0 Å². The van der Waals surface area contributed by atoms with Crippen molar-refractivity contribution in [1.82, 2.24) is 14.9 Å². The number of hydrogen-bond acceptors (Lipinski definition) is 10. The largest absolute Gasteiger partial charge is 0.490 e. The Bertz CT molecular complexity index is 2400. The lowest BCUT2D eigenvalue weighted by Crippen LogP contribution is -2.51. The lowest BCUT2D eigenvalue weighted by molar-refractivity contribution is -0.139. The van der Waals surface area contributed by atoms with E-state index in [0.717, 1.165) is 40.3 Å². The molecule has 3 aromatic carbocycles. The molecule has 2 N–H and O–H groups in total. The number of alkyl halides is 3. The second-order valence-corrected chi connectivity index (χ2v) is 17.7. The summed E-state index contributed by atoms with van der Waals surface area (Å²) in [7, 11) is 0. The summed E-state index contributed by atoms with van der Waals surface area (Å²) in [5.41, 5.74) is 0.543. The summed E-state index contributed by atoms with van der Waals surface area (Å²) >= 11 is 1.38. The first kappa shape index (κ1) is 40.2. The summed E-state index contributed by atoms with van der Waals surface area (Å²) in [6, 6.07) is 20.0. The zero-order valence-electron chi connectivity index (χ0n) is 32.9. The first-order valence-corrected chi connectivity index (χ1v) is 20.4. The number of piperidine rings is 1. The van der Waals surface area contributed by atoms with Gasteiger partial charge in [0.05, 0.1) is 28.4 Å². The lowest BCUT2D eigenvalue weighted by atomic mass is 9.61. The third kappa shape index (κ3) is 8.76. The van der Waals surface area contributed by atoms with Crippen LogP contribution in [-0.2, 0) is 28.7 Å². The molecule has 1 aliphatic carbocycles. The van der Waals surface area contributed by atoms with E-state index in [1.54, 1.807) is 32.9 Å². The fourth-order valence-corrected chi connectivity index (χ4v) is 9.30. The molecular formula is C44H44F3N5O6S. The number of halogens is 3. The van der Waals surface area contributed by atoms with E-state index < -0.39 is 29.3 Å². The molecule has 11 nitrogen and oxygen atoms in total. The highest BCUT2D eigenvalue weighted by Crippen LogP contribution is 2.51. The molecule has 1 spiro atoms. The van der Waals surface area contributed by atoms with Crippen LogP contribution in [0.15, 0.2) is 72.8 Å². The second-order valence-electron chi connectivity index (χ2n) is 16.6. The maximum atomic E-state index is 14.9. The van der Waals surface area contributed by atoms with E-state index in [9.17, 15) is 27.6 Å². The van der Waals surface area contributed by atoms with Crippen molar-refractivity contribution in [3.8, 4) is 16.9 Å². The number of amides is 1. The first-order chi connectivity index (χ1) is 28.0. The number of pyridine rings is 1. The Balaban J connectivity index is 1.05. The molecule has 2 fully saturated rings. The Hall–Kier alpha value is -5.54. The molecule has 3 aliphatic rings. The monoisotopic (exact) mass is 827 g/mol. The number of likely N-dealkylation sites (tertiary alicyclic amines) is 1. The highest BCUT2D eigenvalue weighted by Gasteiger charge is 2.47. The van der Waals surface area contributed by atoms with Gasteiger partial charge in [0, 0.05) is 24.2 Å². The fraction of sp³-hybridized carbons (Fsp3) is 0.386. The first-order valence-electron chi connectivity index (χ1n) is 19.6. The van der Waals surface area contributed by atoms with Gasteiger partial charge in [-0.1, -0.05) is 41.7 Å². The maximum Gasteiger partial charge on any atom is 0.417 e. The van der Waals surface area contributed by atoms with Gasteiger partial charge in [0.1, 0.15) is 17.2 Å². The molecule has 8 rings (SSSR count). The fourth-order valence-electron chi connectivity index (χ4n) is 8.44. The number of rotatable bonds is 9. The molecule has 5 aromatic rings. The maximum absolute atomic E-state index is 14.9. The van der Waals surface area contributed by atoms with Crippen LogP contribution in [0.5, 0.6) is 5.75 Å². The predicted molar refractivity (Wildman–Crippen MR) is 218 cm³/mol. The van der Waals surface area contributed by atoms with Gasteiger partial charge in [0.2, 0.25) is 0 Å². The summed E-state index contributed by atoms with van der Waals surface area (Å²) in [5.74, 6) is -1.63. The van der Waals surface area contributed by atoms with Crippen LogP contribution in [0.2, 0.25) is 0 Å². The topological polar surface area (TPSA) is 134 Å². The SMILES string of the molecule is CC(C)(C)OC(=O)c1nc(N2CCc3cccc(C(=O)Nc4nc5ccccc5s4)c3C2)ccc1-c1ccc(OC2CC3(CCN(CC(=O)O)CC3)C2)cc1C(F)(F)F. The van der Waals surface area contributed by atoms with Gasteiger partial charge in [-0.25, -0.2) is 14.8 Å².